The number of hydrogen-bond acceptors (Lipinski definition) is 5. The van der Waals surface area contributed by atoms with Crippen molar-refractivity contribution in [3.05, 3.63) is 230 Å². The van der Waals surface area contributed by atoms with Crippen LogP contribution in [0.25, 0.3) is 84.4 Å². The maximum atomic E-state index is 5.33. The second-order valence-electron chi connectivity index (χ2n) is 14.9. The van der Waals surface area contributed by atoms with Crippen LogP contribution in [0.15, 0.2) is 219 Å². The molecule has 60 heavy (non-hydrogen) atoms. The van der Waals surface area contributed by atoms with Gasteiger partial charge in [-0.25, -0.2) is 15.0 Å². The summed E-state index contributed by atoms with van der Waals surface area (Å²) in [6, 6.07) is 65.3. The van der Waals surface area contributed by atoms with Gasteiger partial charge in [-0.2, -0.15) is 0 Å². The quantitative estimate of drug-likeness (QED) is 0.146. The van der Waals surface area contributed by atoms with E-state index in [1.54, 1.807) is 0 Å². The van der Waals surface area contributed by atoms with Gasteiger partial charge in [-0.15, -0.1) is 0 Å². The fourth-order valence-corrected chi connectivity index (χ4v) is 7.82. The molecule has 0 unspecified atom stereocenters. The van der Waals surface area contributed by atoms with Crippen LogP contribution in [-0.4, -0.2) is 24.9 Å². The van der Waals surface area contributed by atoms with Gasteiger partial charge < -0.3 is 0 Å². The second kappa shape index (κ2) is 16.5. The fourth-order valence-electron chi connectivity index (χ4n) is 7.82. The molecule has 0 N–H and O–H groups in total. The Hall–Kier alpha value is -7.89. The van der Waals surface area contributed by atoms with Gasteiger partial charge in [0.25, 0.3) is 0 Å². The van der Waals surface area contributed by atoms with Crippen LogP contribution < -0.4 is 0 Å². The predicted molar refractivity (Wildman–Crippen MR) is 244 cm³/mol. The van der Waals surface area contributed by atoms with Gasteiger partial charge in [-0.1, -0.05) is 152 Å². The highest BCUT2D eigenvalue weighted by Crippen LogP contribution is 2.38. The van der Waals surface area contributed by atoms with Crippen LogP contribution in [0.1, 0.15) is 23.6 Å². The maximum absolute atomic E-state index is 5.33. The topological polar surface area (TPSA) is 64.5 Å². The van der Waals surface area contributed by atoms with Crippen LogP contribution in [-0.2, 0) is 0 Å². The van der Waals surface area contributed by atoms with E-state index in [-0.39, 0.29) is 5.92 Å². The molecule has 284 valence electrons. The first-order chi connectivity index (χ1) is 29.7. The molecule has 0 spiro atoms. The zero-order valence-electron chi connectivity index (χ0n) is 32.8. The molecule has 0 saturated heterocycles. The number of hydrogen-bond donors (Lipinski definition) is 0. The second-order valence-corrected chi connectivity index (χ2v) is 14.9. The largest absolute Gasteiger partial charge is 0.256 e. The number of pyridine rings is 2. The van der Waals surface area contributed by atoms with Crippen LogP contribution in [0.3, 0.4) is 0 Å². The van der Waals surface area contributed by atoms with Gasteiger partial charge in [0.05, 0.1) is 11.4 Å². The van der Waals surface area contributed by atoms with Crippen molar-refractivity contribution < 1.29 is 0 Å². The highest BCUT2D eigenvalue weighted by molar-refractivity contribution is 5.82. The van der Waals surface area contributed by atoms with E-state index in [0.717, 1.165) is 79.0 Å². The van der Waals surface area contributed by atoms with Gasteiger partial charge >= 0.3 is 0 Å². The van der Waals surface area contributed by atoms with E-state index in [1.165, 1.54) is 5.56 Å². The summed E-state index contributed by atoms with van der Waals surface area (Å²) in [4.78, 5) is 24.9. The smallest absolute Gasteiger partial charge is 0.164 e. The SMILES string of the molecule is C1=C[C@H](c2cc(-c3ccccc3)cc(-c3nc(-c4ccccc4)nc(-c4cc(-c5ccccc5)cc(-c5ccc(-c6ccccn6)cc5)c4)n3)c2)CC=C1c1ccccn1. The third-order valence-corrected chi connectivity index (χ3v) is 11.0. The molecule has 3 aromatic heterocycles. The lowest BCUT2D eigenvalue weighted by atomic mass is 9.86. The normalized spacial score (nSPS) is 13.5. The lowest BCUT2D eigenvalue weighted by Crippen LogP contribution is -2.03. The summed E-state index contributed by atoms with van der Waals surface area (Å²) >= 11 is 0. The van der Waals surface area contributed by atoms with Crippen molar-refractivity contribution in [1.82, 2.24) is 24.9 Å². The average molecular weight is 770 g/mol. The Morgan fingerprint density at radius 1 is 0.350 bits per heavy atom. The highest BCUT2D eigenvalue weighted by atomic mass is 15.0. The summed E-state index contributed by atoms with van der Waals surface area (Å²) in [6.07, 6.45) is 11.3. The van der Waals surface area contributed by atoms with Crippen molar-refractivity contribution >= 4 is 5.57 Å². The molecule has 1 atom stereocenters. The Labute approximate surface area is 350 Å². The van der Waals surface area contributed by atoms with Crippen molar-refractivity contribution in [1.29, 1.82) is 0 Å². The van der Waals surface area contributed by atoms with E-state index in [0.29, 0.717) is 17.5 Å². The first-order valence-corrected chi connectivity index (χ1v) is 20.2. The maximum Gasteiger partial charge on any atom is 0.164 e. The minimum atomic E-state index is 0.170. The Morgan fingerprint density at radius 3 is 1.32 bits per heavy atom. The molecule has 6 aromatic carbocycles. The molecule has 1 aliphatic rings. The molecule has 0 radical (unpaired) electrons. The van der Waals surface area contributed by atoms with Gasteiger partial charge in [0, 0.05) is 40.6 Å². The first kappa shape index (κ1) is 36.5. The number of benzene rings is 6. The van der Waals surface area contributed by atoms with Crippen LogP contribution >= 0.6 is 0 Å². The van der Waals surface area contributed by atoms with Crippen LogP contribution in [0, 0.1) is 0 Å². The van der Waals surface area contributed by atoms with Crippen molar-refractivity contribution in [3.8, 4) is 78.8 Å². The monoisotopic (exact) mass is 769 g/mol. The minimum absolute atomic E-state index is 0.170. The van der Waals surface area contributed by atoms with Gasteiger partial charge in [0.15, 0.2) is 17.5 Å². The van der Waals surface area contributed by atoms with E-state index < -0.39 is 0 Å². The summed E-state index contributed by atoms with van der Waals surface area (Å²) in [5.41, 5.74) is 14.7. The summed E-state index contributed by atoms with van der Waals surface area (Å²) in [5.74, 6) is 2.02. The molecule has 1 aliphatic carbocycles. The van der Waals surface area contributed by atoms with Crippen molar-refractivity contribution in [3.63, 3.8) is 0 Å². The Bertz CT molecular complexity index is 2970. The average Bonchev–Trinajstić information content (AvgIpc) is 3.35. The number of rotatable bonds is 9. The first-order valence-electron chi connectivity index (χ1n) is 20.2. The fraction of sp³-hybridized carbons (Fsp3) is 0.0364. The molecular formula is C55H39N5. The van der Waals surface area contributed by atoms with E-state index in [1.807, 2.05) is 67.0 Å². The van der Waals surface area contributed by atoms with Crippen LogP contribution in [0.4, 0.5) is 0 Å². The van der Waals surface area contributed by atoms with E-state index in [9.17, 15) is 0 Å². The minimum Gasteiger partial charge on any atom is -0.256 e. The Morgan fingerprint density at radius 2 is 0.783 bits per heavy atom. The Balaban J connectivity index is 1.12. The molecule has 5 nitrogen and oxygen atoms in total. The summed E-state index contributed by atoms with van der Waals surface area (Å²) in [5, 5.41) is 0. The van der Waals surface area contributed by atoms with E-state index in [4.69, 9.17) is 15.0 Å². The summed E-state index contributed by atoms with van der Waals surface area (Å²) in [7, 11) is 0. The van der Waals surface area contributed by atoms with Gasteiger partial charge in [0.2, 0.25) is 0 Å². The van der Waals surface area contributed by atoms with Crippen molar-refractivity contribution in [2.75, 3.05) is 0 Å². The lowest BCUT2D eigenvalue weighted by Gasteiger charge is -2.19. The van der Waals surface area contributed by atoms with Crippen molar-refractivity contribution in [2.24, 2.45) is 0 Å². The third-order valence-electron chi connectivity index (χ3n) is 11.0. The lowest BCUT2D eigenvalue weighted by molar-refractivity contribution is 0.856. The van der Waals surface area contributed by atoms with Gasteiger partial charge in [-0.3, -0.25) is 9.97 Å². The molecule has 0 fully saturated rings. The number of aromatic nitrogens is 5. The third kappa shape index (κ3) is 7.85. The van der Waals surface area contributed by atoms with Crippen LogP contribution in [0.2, 0.25) is 0 Å². The molecular weight excluding hydrogens is 731 g/mol. The zero-order valence-corrected chi connectivity index (χ0v) is 32.8. The highest BCUT2D eigenvalue weighted by Gasteiger charge is 2.19. The van der Waals surface area contributed by atoms with E-state index in [2.05, 4.69) is 162 Å². The number of nitrogens with zero attached hydrogens (tertiary/aromatic N) is 5. The molecule has 10 rings (SSSR count). The molecule has 0 bridgehead atoms. The molecule has 3 heterocycles. The molecule has 9 aromatic rings. The standard InChI is InChI=1S/C55H39N5/c1-4-14-38(15-5-1)45-32-47(40-22-26-42(27-23-40)51-20-10-12-30-56-51)36-49(34-45)54-58-53(44-18-8-3-9-19-44)59-55(60-54)50-35-46(39-16-6-2-7-17-39)33-48(37-50)41-24-28-43(29-25-41)52-21-11-13-31-57-52/h1-24,26-37,41H,25H2/t41-/m0/s1. The summed E-state index contributed by atoms with van der Waals surface area (Å²) < 4.78 is 0. The summed E-state index contributed by atoms with van der Waals surface area (Å²) in [6.45, 7) is 0. The van der Waals surface area contributed by atoms with Gasteiger partial charge in [-0.05, 0) is 106 Å². The Kier molecular flexibility index (Phi) is 10.0. The van der Waals surface area contributed by atoms with E-state index >= 15 is 0 Å². The molecule has 0 amide bonds. The van der Waals surface area contributed by atoms with Crippen molar-refractivity contribution in [2.45, 2.75) is 12.3 Å². The van der Waals surface area contributed by atoms with Gasteiger partial charge in [0.1, 0.15) is 0 Å². The zero-order chi connectivity index (χ0) is 40.1. The molecule has 0 saturated carbocycles. The predicted octanol–water partition coefficient (Wildman–Crippen LogP) is 13.5. The molecule has 0 aliphatic heterocycles. The van der Waals surface area contributed by atoms with Crippen LogP contribution in [0.5, 0.6) is 0 Å². The number of allylic oxidation sites excluding steroid dienone is 4. The molecule has 5 heteroatoms.